The smallest absolute Gasteiger partial charge is 0.192 e. The van der Waals surface area contributed by atoms with E-state index in [-0.39, 0.29) is 11.0 Å². The molecule has 2 aliphatic carbocycles. The maximum absolute atomic E-state index is 10.1. The molecule has 3 heteroatoms. The van der Waals surface area contributed by atoms with E-state index in [0.29, 0.717) is 29.3 Å². The van der Waals surface area contributed by atoms with Crippen molar-refractivity contribution in [2.24, 2.45) is 29.1 Å². The van der Waals surface area contributed by atoms with Gasteiger partial charge in [0, 0.05) is 12.0 Å². The molecule has 2 fully saturated rings. The molecule has 0 bridgehead atoms. The molecule has 0 aromatic heterocycles. The Kier molecular flexibility index (Phi) is 6.99. The summed E-state index contributed by atoms with van der Waals surface area (Å²) in [6.45, 7) is 20.7. The quantitative estimate of drug-likeness (QED) is 0.452. The molecule has 0 saturated heterocycles. The van der Waals surface area contributed by atoms with Crippen molar-refractivity contribution in [1.29, 1.82) is 0 Å². The van der Waals surface area contributed by atoms with Crippen LogP contribution in [-0.4, -0.2) is 25.6 Å². The summed E-state index contributed by atoms with van der Waals surface area (Å²) in [6, 6.07) is 0. The number of aliphatic hydroxyl groups is 1. The Morgan fingerprint density at radius 1 is 1.07 bits per heavy atom. The molecule has 2 rings (SSSR count). The molecule has 2 unspecified atom stereocenters. The van der Waals surface area contributed by atoms with E-state index in [1.807, 2.05) is 13.8 Å². The lowest BCUT2D eigenvalue weighted by Crippen LogP contribution is -2.50. The first-order chi connectivity index (χ1) is 12.3. The zero-order valence-electron chi connectivity index (χ0n) is 19.4. The first-order valence-electron chi connectivity index (χ1n) is 11.2. The van der Waals surface area contributed by atoms with Gasteiger partial charge in [0.2, 0.25) is 0 Å². The minimum absolute atomic E-state index is 0.202. The van der Waals surface area contributed by atoms with Crippen LogP contribution in [0.25, 0.3) is 0 Å². The van der Waals surface area contributed by atoms with Gasteiger partial charge in [0.05, 0.1) is 0 Å². The van der Waals surface area contributed by atoms with Crippen LogP contribution >= 0.6 is 0 Å². The second-order valence-corrected chi connectivity index (χ2v) is 16.1. The molecule has 0 heterocycles. The third-order valence-corrected chi connectivity index (χ3v) is 12.6. The van der Waals surface area contributed by atoms with Gasteiger partial charge in [-0.25, -0.2) is 0 Å². The predicted molar refractivity (Wildman–Crippen MR) is 118 cm³/mol. The molecule has 27 heavy (non-hydrogen) atoms. The van der Waals surface area contributed by atoms with Crippen LogP contribution in [0.5, 0.6) is 0 Å². The molecule has 1 N–H and O–H groups in total. The number of hydrogen-bond acceptors (Lipinski definition) is 2. The number of fused-ring (bicyclic) bond motifs is 1. The molecule has 0 radical (unpaired) electrons. The Balaban J connectivity index is 2.15. The molecule has 156 valence electrons. The molecule has 0 spiro atoms. The summed E-state index contributed by atoms with van der Waals surface area (Å²) < 4.78 is 6.94. The number of aliphatic hydroxyl groups excluding tert-OH is 1. The fourth-order valence-corrected chi connectivity index (χ4v) is 6.55. The number of hydrogen-bond donors (Lipinski definition) is 1. The van der Waals surface area contributed by atoms with Gasteiger partial charge < -0.3 is 9.53 Å². The first kappa shape index (κ1) is 23.0. The van der Waals surface area contributed by atoms with Crippen molar-refractivity contribution in [2.45, 2.75) is 111 Å². The summed E-state index contributed by atoms with van der Waals surface area (Å²) in [5.41, 5.74) is 0.335. The van der Waals surface area contributed by atoms with Crippen molar-refractivity contribution in [3.63, 3.8) is 0 Å². The lowest BCUT2D eigenvalue weighted by Gasteiger charge is -2.49. The summed E-state index contributed by atoms with van der Waals surface area (Å²) in [4.78, 5) is 0. The van der Waals surface area contributed by atoms with Gasteiger partial charge in [-0.05, 0) is 67.0 Å². The van der Waals surface area contributed by atoms with E-state index in [9.17, 15) is 5.11 Å². The van der Waals surface area contributed by atoms with E-state index in [4.69, 9.17) is 4.43 Å². The molecule has 0 aromatic carbocycles. The van der Waals surface area contributed by atoms with Crippen LogP contribution in [-0.2, 0) is 4.43 Å². The topological polar surface area (TPSA) is 29.5 Å². The van der Waals surface area contributed by atoms with Gasteiger partial charge in [0.25, 0.3) is 0 Å². The zero-order chi connectivity index (χ0) is 20.6. The summed E-state index contributed by atoms with van der Waals surface area (Å²) in [7, 11) is -1.74. The van der Waals surface area contributed by atoms with Gasteiger partial charge in [-0.2, -0.15) is 0 Å². The molecule has 2 aliphatic rings. The Labute approximate surface area is 170 Å². The lowest BCUT2D eigenvalue weighted by atomic mass is 9.62. The lowest BCUT2D eigenvalue weighted by molar-refractivity contribution is -0.0156. The highest BCUT2D eigenvalue weighted by Gasteiger charge is 2.54. The van der Waals surface area contributed by atoms with E-state index in [0.717, 1.165) is 0 Å². The maximum Gasteiger partial charge on any atom is 0.192 e. The highest BCUT2D eigenvalue weighted by Crippen LogP contribution is 2.59. The SMILES string of the molecule is CC(C)C(O)C#C[C@@H](C)[C@H]1CCC2[C@@H](O[Si](C)(C)C(C)(C)C)CCC[C@@]21C. The minimum Gasteiger partial charge on any atom is -0.414 e. The summed E-state index contributed by atoms with van der Waals surface area (Å²) in [5, 5.41) is 10.3. The summed E-state index contributed by atoms with van der Waals surface area (Å²) in [5.74, 6) is 8.39. The molecular weight excluding hydrogens is 348 g/mol. The fourth-order valence-electron chi connectivity index (χ4n) is 5.16. The molecule has 0 aliphatic heterocycles. The van der Waals surface area contributed by atoms with E-state index in [2.05, 4.69) is 59.6 Å². The van der Waals surface area contributed by atoms with Gasteiger partial charge >= 0.3 is 0 Å². The Hall–Kier alpha value is -0.303. The summed E-state index contributed by atoms with van der Waals surface area (Å²) in [6.07, 6.45) is 6.27. The molecule has 2 saturated carbocycles. The number of rotatable bonds is 4. The fraction of sp³-hybridized carbons (Fsp3) is 0.917. The van der Waals surface area contributed by atoms with Crippen molar-refractivity contribution < 1.29 is 9.53 Å². The second kappa shape index (κ2) is 8.21. The third kappa shape index (κ3) is 4.82. The largest absolute Gasteiger partial charge is 0.414 e. The highest BCUT2D eigenvalue weighted by molar-refractivity contribution is 6.74. The Bertz CT molecular complexity index is 565. The van der Waals surface area contributed by atoms with Crippen LogP contribution in [0.2, 0.25) is 18.1 Å². The van der Waals surface area contributed by atoms with Gasteiger partial charge in [-0.15, -0.1) is 0 Å². The molecule has 2 nitrogen and oxygen atoms in total. The van der Waals surface area contributed by atoms with Crippen molar-refractivity contribution >= 4 is 8.32 Å². The summed E-state index contributed by atoms with van der Waals surface area (Å²) >= 11 is 0. The van der Waals surface area contributed by atoms with Crippen LogP contribution in [0.1, 0.15) is 80.6 Å². The second-order valence-electron chi connectivity index (χ2n) is 11.4. The predicted octanol–water partition coefficient (Wildman–Crippen LogP) is 6.25. The van der Waals surface area contributed by atoms with Gasteiger partial charge in [0.15, 0.2) is 8.32 Å². The zero-order valence-corrected chi connectivity index (χ0v) is 20.4. The molecular formula is C24H44O2Si. The van der Waals surface area contributed by atoms with Crippen molar-refractivity contribution in [2.75, 3.05) is 0 Å². The minimum atomic E-state index is -1.74. The van der Waals surface area contributed by atoms with Crippen molar-refractivity contribution in [3.8, 4) is 11.8 Å². The molecule has 6 atom stereocenters. The molecule has 0 aromatic rings. The Morgan fingerprint density at radius 2 is 1.70 bits per heavy atom. The van der Waals surface area contributed by atoms with Gasteiger partial charge in [0.1, 0.15) is 6.10 Å². The van der Waals surface area contributed by atoms with Crippen LogP contribution in [0.3, 0.4) is 0 Å². The van der Waals surface area contributed by atoms with Crippen molar-refractivity contribution in [3.05, 3.63) is 0 Å². The van der Waals surface area contributed by atoms with Crippen LogP contribution in [0, 0.1) is 40.9 Å². The van der Waals surface area contributed by atoms with E-state index < -0.39 is 14.4 Å². The highest BCUT2D eigenvalue weighted by atomic mass is 28.4. The van der Waals surface area contributed by atoms with E-state index in [1.165, 1.54) is 32.1 Å². The van der Waals surface area contributed by atoms with E-state index >= 15 is 0 Å². The molecule has 0 amide bonds. The van der Waals surface area contributed by atoms with Crippen molar-refractivity contribution in [1.82, 2.24) is 0 Å². The van der Waals surface area contributed by atoms with Gasteiger partial charge in [-0.1, -0.05) is 66.7 Å². The standard InChI is InChI=1S/C24H44O2Si/c1-17(2)21(25)15-12-18(3)19-13-14-20-22(11-10-16-24(19,20)7)26-27(8,9)23(4,5)6/h17-22,25H,10-11,13-14,16H2,1-9H3/t18-,19-,20?,21?,22+,24-/m1/s1. The van der Waals surface area contributed by atoms with Crippen LogP contribution in [0.15, 0.2) is 0 Å². The average molecular weight is 393 g/mol. The van der Waals surface area contributed by atoms with Gasteiger partial charge in [-0.3, -0.25) is 0 Å². The normalized spacial score (nSPS) is 34.0. The maximum atomic E-state index is 10.1. The monoisotopic (exact) mass is 392 g/mol. The van der Waals surface area contributed by atoms with Crippen LogP contribution < -0.4 is 0 Å². The Morgan fingerprint density at radius 3 is 2.26 bits per heavy atom. The van der Waals surface area contributed by atoms with E-state index in [1.54, 1.807) is 0 Å². The third-order valence-electron chi connectivity index (χ3n) is 8.08. The van der Waals surface area contributed by atoms with Crippen LogP contribution in [0.4, 0.5) is 0 Å². The average Bonchev–Trinajstić information content (AvgIpc) is 2.89. The first-order valence-corrected chi connectivity index (χ1v) is 14.1.